The standard InChI is InChI=1S/C12H13N3O4S/c13-10(16)7-2-1-3-8(4-7)14-12(19)15-6-20-5-9(15)11(17)18/h1-4,9H,5-6H2,(H2,13,16)(H,14,19)(H,17,18). The average Bonchev–Trinajstić information content (AvgIpc) is 2.88. The minimum Gasteiger partial charge on any atom is -0.480 e. The number of nitrogens with two attached hydrogens (primary N) is 1. The van der Waals surface area contributed by atoms with Crippen molar-refractivity contribution in [2.45, 2.75) is 6.04 Å². The molecule has 0 aliphatic carbocycles. The summed E-state index contributed by atoms with van der Waals surface area (Å²) in [5.74, 6) is -0.945. The first-order chi connectivity index (χ1) is 9.49. The van der Waals surface area contributed by atoms with Crippen LogP contribution in [0.25, 0.3) is 0 Å². The summed E-state index contributed by atoms with van der Waals surface area (Å²) >= 11 is 1.38. The summed E-state index contributed by atoms with van der Waals surface area (Å²) in [6.45, 7) is 0. The van der Waals surface area contributed by atoms with Crippen LogP contribution >= 0.6 is 11.8 Å². The van der Waals surface area contributed by atoms with Crippen molar-refractivity contribution < 1.29 is 19.5 Å². The van der Waals surface area contributed by atoms with E-state index in [2.05, 4.69) is 5.32 Å². The summed E-state index contributed by atoms with van der Waals surface area (Å²) in [6, 6.07) is 4.82. The van der Waals surface area contributed by atoms with Gasteiger partial charge in [0.05, 0.1) is 5.88 Å². The average molecular weight is 295 g/mol. The van der Waals surface area contributed by atoms with Crippen LogP contribution in [-0.4, -0.2) is 45.6 Å². The zero-order chi connectivity index (χ0) is 14.7. The van der Waals surface area contributed by atoms with Gasteiger partial charge in [0.15, 0.2) is 0 Å². The van der Waals surface area contributed by atoms with Gasteiger partial charge in [-0.3, -0.25) is 4.79 Å². The molecular formula is C12H13N3O4S. The second kappa shape index (κ2) is 5.83. The van der Waals surface area contributed by atoms with Crippen molar-refractivity contribution in [3.05, 3.63) is 29.8 Å². The summed E-state index contributed by atoms with van der Waals surface area (Å²) in [6.07, 6.45) is 0. The van der Waals surface area contributed by atoms with Crippen molar-refractivity contribution in [3.63, 3.8) is 0 Å². The lowest BCUT2D eigenvalue weighted by molar-refractivity contribution is -0.140. The van der Waals surface area contributed by atoms with Gasteiger partial charge in [0.2, 0.25) is 5.91 Å². The number of carbonyl (C=O) groups is 3. The monoisotopic (exact) mass is 295 g/mol. The highest BCUT2D eigenvalue weighted by molar-refractivity contribution is 7.99. The number of amides is 3. The van der Waals surface area contributed by atoms with Crippen LogP contribution in [0, 0.1) is 0 Å². The number of urea groups is 1. The van der Waals surface area contributed by atoms with Gasteiger partial charge in [-0.1, -0.05) is 6.07 Å². The summed E-state index contributed by atoms with van der Waals surface area (Å²) in [5, 5.41) is 11.6. The van der Waals surface area contributed by atoms with Crippen LogP contribution in [0.15, 0.2) is 24.3 Å². The van der Waals surface area contributed by atoms with Gasteiger partial charge < -0.3 is 21.1 Å². The number of benzene rings is 1. The van der Waals surface area contributed by atoms with Crippen molar-refractivity contribution >= 4 is 35.4 Å². The number of carboxylic acid groups (broad SMARTS) is 1. The van der Waals surface area contributed by atoms with E-state index in [0.29, 0.717) is 17.3 Å². The van der Waals surface area contributed by atoms with Crippen LogP contribution in [0.4, 0.5) is 10.5 Å². The molecule has 0 saturated carbocycles. The number of aliphatic carboxylic acids is 1. The van der Waals surface area contributed by atoms with Crippen molar-refractivity contribution in [1.82, 2.24) is 4.90 Å². The van der Waals surface area contributed by atoms with Crippen molar-refractivity contribution in [2.75, 3.05) is 16.9 Å². The minimum absolute atomic E-state index is 0.272. The van der Waals surface area contributed by atoms with E-state index >= 15 is 0 Å². The summed E-state index contributed by atoms with van der Waals surface area (Å²) in [5.41, 5.74) is 5.82. The van der Waals surface area contributed by atoms with E-state index in [-0.39, 0.29) is 5.56 Å². The molecule has 1 heterocycles. The fourth-order valence-electron chi connectivity index (χ4n) is 1.79. The number of thioether (sulfide) groups is 1. The van der Waals surface area contributed by atoms with Crippen LogP contribution < -0.4 is 11.1 Å². The van der Waals surface area contributed by atoms with Gasteiger partial charge in [0.25, 0.3) is 0 Å². The molecule has 1 unspecified atom stereocenters. The first-order valence-electron chi connectivity index (χ1n) is 5.77. The maximum Gasteiger partial charge on any atom is 0.327 e. The predicted molar refractivity (Wildman–Crippen MR) is 74.6 cm³/mol. The van der Waals surface area contributed by atoms with Crippen LogP contribution in [-0.2, 0) is 4.79 Å². The number of hydrogen-bond donors (Lipinski definition) is 3. The smallest absolute Gasteiger partial charge is 0.327 e. The summed E-state index contributed by atoms with van der Waals surface area (Å²) < 4.78 is 0. The number of nitrogens with one attached hydrogen (secondary N) is 1. The van der Waals surface area contributed by atoms with Gasteiger partial charge in [0, 0.05) is 17.0 Å². The van der Waals surface area contributed by atoms with Crippen LogP contribution in [0.5, 0.6) is 0 Å². The molecule has 1 aliphatic rings. The second-order valence-electron chi connectivity index (χ2n) is 4.20. The highest BCUT2D eigenvalue weighted by Gasteiger charge is 2.34. The molecule has 4 N–H and O–H groups in total. The molecule has 0 bridgehead atoms. The maximum absolute atomic E-state index is 12.0. The zero-order valence-corrected chi connectivity index (χ0v) is 11.2. The lowest BCUT2D eigenvalue weighted by Gasteiger charge is -2.21. The van der Waals surface area contributed by atoms with Crippen LogP contribution in [0.3, 0.4) is 0 Å². The first-order valence-corrected chi connectivity index (χ1v) is 6.92. The fraction of sp³-hybridized carbons (Fsp3) is 0.250. The Kier molecular flexibility index (Phi) is 4.14. The van der Waals surface area contributed by atoms with E-state index in [1.165, 1.54) is 28.8 Å². The number of rotatable bonds is 3. The van der Waals surface area contributed by atoms with E-state index in [0.717, 1.165) is 0 Å². The molecule has 20 heavy (non-hydrogen) atoms. The number of carboxylic acids is 1. The molecule has 1 aromatic rings. The molecule has 1 saturated heterocycles. The summed E-state index contributed by atoms with van der Waals surface area (Å²) in [4.78, 5) is 35.3. The molecule has 1 aromatic carbocycles. The Bertz CT molecular complexity index is 563. The van der Waals surface area contributed by atoms with Crippen molar-refractivity contribution in [1.29, 1.82) is 0 Å². The number of primary amides is 1. The van der Waals surface area contributed by atoms with Gasteiger partial charge in [-0.15, -0.1) is 11.8 Å². The first kappa shape index (κ1) is 14.2. The van der Waals surface area contributed by atoms with E-state index in [9.17, 15) is 14.4 Å². The van der Waals surface area contributed by atoms with Gasteiger partial charge in [-0.2, -0.15) is 0 Å². The number of hydrogen-bond acceptors (Lipinski definition) is 4. The van der Waals surface area contributed by atoms with Crippen molar-refractivity contribution in [2.24, 2.45) is 5.73 Å². The molecule has 3 amide bonds. The van der Waals surface area contributed by atoms with Crippen LogP contribution in [0.2, 0.25) is 0 Å². The lowest BCUT2D eigenvalue weighted by Crippen LogP contribution is -2.43. The Hall–Kier alpha value is -2.22. The SMILES string of the molecule is NC(=O)c1cccc(NC(=O)N2CSCC2C(=O)O)c1. The van der Waals surface area contributed by atoms with Gasteiger partial charge in [-0.05, 0) is 18.2 Å². The second-order valence-corrected chi connectivity index (χ2v) is 5.20. The maximum atomic E-state index is 12.0. The quantitative estimate of drug-likeness (QED) is 0.762. The summed E-state index contributed by atoms with van der Waals surface area (Å²) in [7, 11) is 0. The fourth-order valence-corrected chi connectivity index (χ4v) is 2.94. The minimum atomic E-state index is -1.03. The van der Waals surface area contributed by atoms with E-state index in [1.807, 2.05) is 0 Å². The van der Waals surface area contributed by atoms with E-state index in [4.69, 9.17) is 10.8 Å². The molecule has 1 fully saturated rings. The topological polar surface area (TPSA) is 113 Å². The molecule has 8 heteroatoms. The third-order valence-corrected chi connectivity index (χ3v) is 3.84. The van der Waals surface area contributed by atoms with Gasteiger partial charge >= 0.3 is 12.0 Å². The Morgan fingerprint density at radius 2 is 2.15 bits per heavy atom. The van der Waals surface area contributed by atoms with E-state index in [1.54, 1.807) is 12.1 Å². The lowest BCUT2D eigenvalue weighted by atomic mass is 10.2. The molecule has 0 aromatic heterocycles. The molecule has 7 nitrogen and oxygen atoms in total. The molecule has 1 aliphatic heterocycles. The van der Waals surface area contributed by atoms with Gasteiger partial charge in [-0.25, -0.2) is 9.59 Å². The molecular weight excluding hydrogens is 282 g/mol. The predicted octanol–water partition coefficient (Wildman–Crippen LogP) is 0.777. The molecule has 0 spiro atoms. The Morgan fingerprint density at radius 3 is 2.80 bits per heavy atom. The number of anilines is 1. The highest BCUT2D eigenvalue weighted by atomic mass is 32.2. The Labute approximate surface area is 119 Å². The Balaban J connectivity index is 2.09. The van der Waals surface area contributed by atoms with E-state index < -0.39 is 23.9 Å². The van der Waals surface area contributed by atoms with Crippen molar-refractivity contribution in [3.8, 4) is 0 Å². The zero-order valence-electron chi connectivity index (χ0n) is 10.4. The Morgan fingerprint density at radius 1 is 1.40 bits per heavy atom. The number of nitrogens with zero attached hydrogens (tertiary/aromatic N) is 1. The third-order valence-electron chi connectivity index (χ3n) is 2.83. The van der Waals surface area contributed by atoms with Crippen LogP contribution in [0.1, 0.15) is 10.4 Å². The molecule has 0 radical (unpaired) electrons. The molecule has 2 rings (SSSR count). The molecule has 106 valence electrons. The number of carbonyl (C=O) groups excluding carboxylic acids is 2. The third kappa shape index (κ3) is 3.02. The molecule has 1 atom stereocenters. The van der Waals surface area contributed by atoms with Gasteiger partial charge in [0.1, 0.15) is 6.04 Å². The largest absolute Gasteiger partial charge is 0.480 e. The highest BCUT2D eigenvalue weighted by Crippen LogP contribution is 2.22. The normalized spacial score (nSPS) is 17.8.